The molecule has 0 aliphatic carbocycles. The van der Waals surface area contributed by atoms with Crippen LogP contribution in [-0.2, 0) is 0 Å². The molecule has 0 heterocycles. The van der Waals surface area contributed by atoms with Gasteiger partial charge in [-0.3, -0.25) is 14.9 Å². The molecule has 0 spiro atoms. The molecule has 76 valence electrons. The van der Waals surface area contributed by atoms with Gasteiger partial charge >= 0.3 is 0 Å². The third kappa shape index (κ3) is 2.12. The summed E-state index contributed by atoms with van der Waals surface area (Å²) in [4.78, 5) is 21.4. The molecule has 1 aromatic carbocycles. The van der Waals surface area contributed by atoms with Crippen LogP contribution in [0.2, 0.25) is 0 Å². The molecule has 0 atom stereocenters. The van der Waals surface area contributed by atoms with Crippen LogP contribution in [-0.4, -0.2) is 10.7 Å². The van der Waals surface area contributed by atoms with Crippen molar-refractivity contribution in [2.45, 2.75) is 6.92 Å². The monoisotopic (exact) mass is 316 g/mol. The third-order valence-electron chi connectivity index (χ3n) is 1.78. The average molecular weight is 316 g/mol. The SMILES string of the molecule is CC(=O)c1c(C#N)ccc(I)c1[N+](=O)[O-]. The van der Waals surface area contributed by atoms with Crippen molar-refractivity contribution in [2.75, 3.05) is 0 Å². The van der Waals surface area contributed by atoms with Gasteiger partial charge in [0.1, 0.15) is 11.6 Å². The maximum atomic E-state index is 11.2. The third-order valence-corrected chi connectivity index (χ3v) is 2.65. The van der Waals surface area contributed by atoms with Crippen molar-refractivity contribution in [3.05, 3.63) is 36.9 Å². The van der Waals surface area contributed by atoms with E-state index in [1.165, 1.54) is 19.1 Å². The van der Waals surface area contributed by atoms with E-state index in [0.717, 1.165) is 0 Å². The van der Waals surface area contributed by atoms with Crippen LogP contribution in [0.5, 0.6) is 0 Å². The number of hydrogen-bond donors (Lipinski definition) is 0. The first-order valence-corrected chi connectivity index (χ1v) is 4.94. The summed E-state index contributed by atoms with van der Waals surface area (Å²) < 4.78 is 0.349. The van der Waals surface area contributed by atoms with Crippen LogP contribution >= 0.6 is 22.6 Å². The van der Waals surface area contributed by atoms with Gasteiger partial charge in [0.15, 0.2) is 5.78 Å². The summed E-state index contributed by atoms with van der Waals surface area (Å²) in [5, 5.41) is 19.5. The lowest BCUT2D eigenvalue weighted by Gasteiger charge is -2.02. The fraction of sp³-hybridized carbons (Fsp3) is 0.111. The highest BCUT2D eigenvalue weighted by Gasteiger charge is 2.24. The lowest BCUT2D eigenvalue weighted by atomic mass is 10.0. The average Bonchev–Trinajstić information content (AvgIpc) is 2.16. The predicted octanol–water partition coefficient (Wildman–Crippen LogP) is 2.27. The van der Waals surface area contributed by atoms with E-state index < -0.39 is 10.7 Å². The normalized spacial score (nSPS) is 9.40. The Hall–Kier alpha value is -1.49. The highest BCUT2D eigenvalue weighted by Crippen LogP contribution is 2.28. The van der Waals surface area contributed by atoms with Gasteiger partial charge in [0, 0.05) is 0 Å². The van der Waals surface area contributed by atoms with Crippen LogP contribution in [0, 0.1) is 25.0 Å². The van der Waals surface area contributed by atoms with E-state index >= 15 is 0 Å². The van der Waals surface area contributed by atoms with E-state index in [9.17, 15) is 14.9 Å². The van der Waals surface area contributed by atoms with Gasteiger partial charge in [-0.25, -0.2) is 0 Å². The van der Waals surface area contributed by atoms with E-state index in [4.69, 9.17) is 5.26 Å². The standard InChI is InChI=1S/C9H5IN2O3/c1-5(13)8-6(4-11)2-3-7(10)9(8)12(14)15/h2-3H,1H3. The molecule has 0 unspecified atom stereocenters. The fourth-order valence-corrected chi connectivity index (χ4v) is 1.84. The zero-order valence-electron chi connectivity index (χ0n) is 7.65. The van der Waals surface area contributed by atoms with Crippen molar-refractivity contribution < 1.29 is 9.72 Å². The second kappa shape index (κ2) is 4.35. The molecular weight excluding hydrogens is 311 g/mol. The summed E-state index contributed by atoms with van der Waals surface area (Å²) in [7, 11) is 0. The number of nitrogens with zero attached hydrogens (tertiary/aromatic N) is 2. The molecule has 0 saturated heterocycles. The Labute approximate surface area is 99.0 Å². The zero-order valence-corrected chi connectivity index (χ0v) is 9.81. The molecule has 0 aliphatic rings. The first-order valence-electron chi connectivity index (χ1n) is 3.87. The molecule has 5 nitrogen and oxygen atoms in total. The highest BCUT2D eigenvalue weighted by molar-refractivity contribution is 14.1. The number of hydrogen-bond acceptors (Lipinski definition) is 4. The molecule has 15 heavy (non-hydrogen) atoms. The number of nitro benzene ring substituents is 1. The molecule has 1 aromatic rings. The van der Waals surface area contributed by atoms with Gasteiger partial charge in [-0.2, -0.15) is 5.26 Å². The van der Waals surface area contributed by atoms with Crippen molar-refractivity contribution in [2.24, 2.45) is 0 Å². The summed E-state index contributed by atoms with van der Waals surface area (Å²) in [5.41, 5.74) is -0.369. The van der Waals surface area contributed by atoms with Gasteiger partial charge in [0.25, 0.3) is 5.69 Å². The van der Waals surface area contributed by atoms with Crippen molar-refractivity contribution in [1.82, 2.24) is 0 Å². The Bertz CT molecular complexity index is 491. The molecule has 0 amide bonds. The summed E-state index contributed by atoms with van der Waals surface area (Å²) in [6, 6.07) is 4.63. The minimum atomic E-state index is -0.640. The zero-order chi connectivity index (χ0) is 11.6. The highest BCUT2D eigenvalue weighted by atomic mass is 127. The maximum Gasteiger partial charge on any atom is 0.294 e. The van der Waals surface area contributed by atoms with Crippen LogP contribution in [0.1, 0.15) is 22.8 Å². The Morgan fingerprint density at radius 1 is 1.60 bits per heavy atom. The quantitative estimate of drug-likeness (QED) is 0.363. The Balaban J connectivity index is 3.68. The van der Waals surface area contributed by atoms with Crippen LogP contribution in [0.3, 0.4) is 0 Å². The van der Waals surface area contributed by atoms with Gasteiger partial charge in [-0.05, 0) is 41.6 Å². The number of carbonyl (C=O) groups excluding carboxylic acids is 1. The van der Waals surface area contributed by atoms with Crippen LogP contribution in [0.15, 0.2) is 12.1 Å². The molecule has 1 rings (SSSR count). The van der Waals surface area contributed by atoms with Crippen molar-refractivity contribution >= 4 is 34.1 Å². The molecule has 0 radical (unpaired) electrons. The molecule has 0 fully saturated rings. The van der Waals surface area contributed by atoms with Crippen molar-refractivity contribution in [3.8, 4) is 6.07 Å². The number of nitro groups is 1. The minimum absolute atomic E-state index is 0.0367. The second-order valence-electron chi connectivity index (χ2n) is 2.74. The van der Waals surface area contributed by atoms with Crippen LogP contribution < -0.4 is 0 Å². The molecular formula is C9H5IN2O3. The first-order chi connectivity index (χ1) is 6.99. The maximum absolute atomic E-state index is 11.2. The summed E-state index contributed by atoms with van der Waals surface area (Å²) in [6.07, 6.45) is 0. The van der Waals surface area contributed by atoms with Gasteiger partial charge in [0.05, 0.1) is 14.1 Å². The molecule has 0 saturated carbocycles. The summed E-state index contributed by atoms with van der Waals surface area (Å²) in [5.74, 6) is -0.475. The minimum Gasteiger partial charge on any atom is -0.294 e. The number of nitriles is 1. The van der Waals surface area contributed by atoms with Gasteiger partial charge in [-0.15, -0.1) is 0 Å². The molecule has 0 aliphatic heterocycles. The number of halogens is 1. The topological polar surface area (TPSA) is 84.0 Å². The van der Waals surface area contributed by atoms with Gasteiger partial charge in [-0.1, -0.05) is 0 Å². The van der Waals surface area contributed by atoms with Crippen molar-refractivity contribution in [3.63, 3.8) is 0 Å². The molecule has 0 N–H and O–H groups in total. The Morgan fingerprint density at radius 3 is 2.60 bits per heavy atom. The van der Waals surface area contributed by atoms with Gasteiger partial charge in [0.2, 0.25) is 0 Å². The van der Waals surface area contributed by atoms with Gasteiger partial charge < -0.3 is 0 Å². The number of rotatable bonds is 2. The molecule has 6 heteroatoms. The number of benzene rings is 1. The van der Waals surface area contributed by atoms with E-state index in [-0.39, 0.29) is 16.8 Å². The summed E-state index contributed by atoms with van der Waals surface area (Å²) >= 11 is 1.76. The number of ketones is 1. The first kappa shape index (κ1) is 11.6. The lowest BCUT2D eigenvalue weighted by molar-refractivity contribution is -0.386. The van der Waals surface area contributed by atoms with E-state index in [1.54, 1.807) is 28.7 Å². The Morgan fingerprint density at radius 2 is 2.20 bits per heavy atom. The van der Waals surface area contributed by atoms with E-state index in [0.29, 0.717) is 3.57 Å². The predicted molar refractivity (Wildman–Crippen MR) is 60.5 cm³/mol. The largest absolute Gasteiger partial charge is 0.294 e. The fourth-order valence-electron chi connectivity index (χ4n) is 1.19. The molecule has 0 bridgehead atoms. The lowest BCUT2D eigenvalue weighted by Crippen LogP contribution is -2.05. The smallest absolute Gasteiger partial charge is 0.294 e. The van der Waals surface area contributed by atoms with Crippen LogP contribution in [0.4, 0.5) is 5.69 Å². The van der Waals surface area contributed by atoms with Crippen LogP contribution in [0.25, 0.3) is 0 Å². The van der Waals surface area contributed by atoms with E-state index in [1.807, 2.05) is 0 Å². The number of carbonyl (C=O) groups is 1. The Kier molecular flexibility index (Phi) is 3.36. The van der Waals surface area contributed by atoms with Crippen molar-refractivity contribution in [1.29, 1.82) is 5.26 Å². The summed E-state index contributed by atoms with van der Waals surface area (Å²) in [6.45, 7) is 1.21. The van der Waals surface area contributed by atoms with E-state index in [2.05, 4.69) is 0 Å². The number of Topliss-reactive ketones (excluding diaryl/α,β-unsaturated/α-hetero) is 1. The molecule has 0 aromatic heterocycles. The second-order valence-corrected chi connectivity index (χ2v) is 3.91.